The fraction of sp³-hybridized carbons (Fsp3) is 0.312. The molecule has 0 unspecified atom stereocenters. The van der Waals surface area contributed by atoms with E-state index in [0.717, 1.165) is 41.6 Å². The molecule has 1 aromatic carbocycles. The van der Waals surface area contributed by atoms with E-state index < -0.39 is 0 Å². The van der Waals surface area contributed by atoms with E-state index in [-0.39, 0.29) is 0 Å². The van der Waals surface area contributed by atoms with Gasteiger partial charge in [0.15, 0.2) is 0 Å². The number of rotatable bonds is 4. The molecule has 2 N–H and O–H groups in total. The Morgan fingerprint density at radius 3 is 2.86 bits per heavy atom. The molecule has 112 valence electrons. The highest BCUT2D eigenvalue weighted by Gasteiger charge is 2.14. The number of nitrogens with zero attached hydrogens (tertiary/aromatic N) is 4. The lowest BCUT2D eigenvalue weighted by molar-refractivity contribution is 0.922. The van der Waals surface area contributed by atoms with Gasteiger partial charge in [0.2, 0.25) is 0 Å². The quantitative estimate of drug-likeness (QED) is 0.774. The second-order valence-corrected chi connectivity index (χ2v) is 5.51. The summed E-state index contributed by atoms with van der Waals surface area (Å²) in [5, 5.41) is 3.31. The minimum absolute atomic E-state index is 0.616. The molecular formula is C16H18N6. The van der Waals surface area contributed by atoms with Crippen molar-refractivity contribution in [2.45, 2.75) is 19.4 Å². The summed E-state index contributed by atoms with van der Waals surface area (Å²) >= 11 is 0. The number of hydrogen-bond donors (Lipinski definition) is 2. The van der Waals surface area contributed by atoms with Gasteiger partial charge in [-0.1, -0.05) is 12.1 Å². The molecule has 0 bridgehead atoms. The molecule has 0 aliphatic carbocycles. The van der Waals surface area contributed by atoms with E-state index in [1.54, 1.807) is 6.33 Å². The van der Waals surface area contributed by atoms with E-state index in [4.69, 9.17) is 0 Å². The zero-order valence-corrected chi connectivity index (χ0v) is 12.3. The van der Waals surface area contributed by atoms with Crippen molar-refractivity contribution in [1.29, 1.82) is 0 Å². The highest BCUT2D eigenvalue weighted by atomic mass is 15.2. The van der Waals surface area contributed by atoms with Crippen LogP contribution in [0, 0.1) is 0 Å². The number of H-pyrrole nitrogens is 1. The van der Waals surface area contributed by atoms with Crippen molar-refractivity contribution in [3.63, 3.8) is 0 Å². The lowest BCUT2D eigenvalue weighted by Gasteiger charge is -2.16. The minimum atomic E-state index is 0.616. The van der Waals surface area contributed by atoms with Crippen LogP contribution in [0.4, 0.5) is 11.6 Å². The molecule has 3 heterocycles. The number of para-hydroxylation sites is 2. The standard InChI is InChI=1S/C16H18N6/c1-2-6-13-12(5-1)20-15(21-13)10-17-14-9-16(19-11-18-14)22-7-3-4-8-22/h1-2,5-6,9,11H,3-4,7-8,10H2,(H,20,21)(H,17,18,19). The summed E-state index contributed by atoms with van der Waals surface area (Å²) < 4.78 is 0. The third-order valence-corrected chi connectivity index (χ3v) is 3.96. The van der Waals surface area contributed by atoms with Gasteiger partial charge < -0.3 is 15.2 Å². The molecule has 1 fully saturated rings. The number of fused-ring (bicyclic) bond motifs is 1. The van der Waals surface area contributed by atoms with E-state index in [1.807, 2.05) is 30.3 Å². The Kier molecular flexibility index (Phi) is 3.34. The predicted octanol–water partition coefficient (Wildman–Crippen LogP) is 2.57. The fourth-order valence-corrected chi connectivity index (χ4v) is 2.83. The Morgan fingerprint density at radius 2 is 2.00 bits per heavy atom. The summed E-state index contributed by atoms with van der Waals surface area (Å²) in [4.78, 5) is 18.8. The highest BCUT2D eigenvalue weighted by molar-refractivity contribution is 5.74. The van der Waals surface area contributed by atoms with Crippen LogP contribution in [-0.4, -0.2) is 33.0 Å². The number of nitrogens with one attached hydrogen (secondary N) is 2. The van der Waals surface area contributed by atoms with Crippen LogP contribution in [-0.2, 0) is 6.54 Å². The average molecular weight is 294 g/mol. The molecule has 1 aliphatic rings. The number of aromatic nitrogens is 4. The second-order valence-electron chi connectivity index (χ2n) is 5.51. The number of aromatic amines is 1. The van der Waals surface area contributed by atoms with E-state index in [1.165, 1.54) is 12.8 Å². The van der Waals surface area contributed by atoms with Gasteiger partial charge in [-0.05, 0) is 25.0 Å². The lowest BCUT2D eigenvalue weighted by Crippen LogP contribution is -2.19. The van der Waals surface area contributed by atoms with E-state index in [9.17, 15) is 0 Å². The van der Waals surface area contributed by atoms with Crippen LogP contribution < -0.4 is 10.2 Å². The number of anilines is 2. The zero-order chi connectivity index (χ0) is 14.8. The summed E-state index contributed by atoms with van der Waals surface area (Å²) in [5.41, 5.74) is 2.04. The van der Waals surface area contributed by atoms with Crippen LogP contribution in [0.1, 0.15) is 18.7 Å². The summed E-state index contributed by atoms with van der Waals surface area (Å²) in [6.45, 7) is 2.78. The number of hydrogen-bond acceptors (Lipinski definition) is 5. The van der Waals surface area contributed by atoms with Gasteiger partial charge >= 0.3 is 0 Å². The van der Waals surface area contributed by atoms with Crippen molar-refractivity contribution < 1.29 is 0 Å². The van der Waals surface area contributed by atoms with Crippen molar-refractivity contribution >= 4 is 22.7 Å². The maximum absolute atomic E-state index is 4.56. The smallest absolute Gasteiger partial charge is 0.134 e. The van der Waals surface area contributed by atoms with E-state index >= 15 is 0 Å². The predicted molar refractivity (Wildman–Crippen MR) is 86.9 cm³/mol. The van der Waals surface area contributed by atoms with Crippen molar-refractivity contribution in [2.75, 3.05) is 23.3 Å². The molecule has 0 radical (unpaired) electrons. The summed E-state index contributed by atoms with van der Waals surface area (Å²) in [7, 11) is 0. The Bertz CT molecular complexity index is 742. The third kappa shape index (κ3) is 2.59. The average Bonchev–Trinajstić information content (AvgIpc) is 3.22. The van der Waals surface area contributed by atoms with Crippen LogP contribution in [0.3, 0.4) is 0 Å². The topological polar surface area (TPSA) is 69.7 Å². The molecule has 4 rings (SSSR count). The minimum Gasteiger partial charge on any atom is -0.363 e. The van der Waals surface area contributed by atoms with Gasteiger partial charge in [-0.2, -0.15) is 0 Å². The van der Waals surface area contributed by atoms with Crippen molar-refractivity contribution in [2.24, 2.45) is 0 Å². The van der Waals surface area contributed by atoms with Crippen molar-refractivity contribution in [3.05, 3.63) is 42.5 Å². The monoisotopic (exact) mass is 294 g/mol. The van der Waals surface area contributed by atoms with Crippen molar-refractivity contribution in [3.8, 4) is 0 Å². The Labute approximate surface area is 128 Å². The van der Waals surface area contributed by atoms with E-state index in [0.29, 0.717) is 6.54 Å². The molecule has 6 nitrogen and oxygen atoms in total. The van der Waals surface area contributed by atoms with Crippen LogP contribution in [0.25, 0.3) is 11.0 Å². The normalized spacial score (nSPS) is 14.6. The van der Waals surface area contributed by atoms with Crippen LogP contribution in [0.15, 0.2) is 36.7 Å². The summed E-state index contributed by atoms with van der Waals surface area (Å²) in [6, 6.07) is 10.0. The Balaban J connectivity index is 1.47. The largest absolute Gasteiger partial charge is 0.363 e. The molecule has 6 heteroatoms. The first-order valence-corrected chi connectivity index (χ1v) is 7.63. The van der Waals surface area contributed by atoms with Crippen LogP contribution >= 0.6 is 0 Å². The Morgan fingerprint density at radius 1 is 1.14 bits per heavy atom. The molecule has 0 saturated carbocycles. The molecule has 1 aliphatic heterocycles. The first kappa shape index (κ1) is 13.1. The maximum Gasteiger partial charge on any atom is 0.134 e. The zero-order valence-electron chi connectivity index (χ0n) is 12.3. The van der Waals surface area contributed by atoms with Crippen LogP contribution in [0.5, 0.6) is 0 Å². The lowest BCUT2D eigenvalue weighted by atomic mass is 10.3. The Hall–Kier alpha value is -2.63. The first-order chi connectivity index (χ1) is 10.9. The SMILES string of the molecule is c1ccc2[nH]c(CNc3cc(N4CCCC4)ncn3)nc2c1. The molecule has 2 aromatic heterocycles. The number of imidazole rings is 1. The molecule has 0 amide bonds. The van der Waals surface area contributed by atoms with Gasteiger partial charge in [0.1, 0.15) is 23.8 Å². The van der Waals surface area contributed by atoms with Gasteiger partial charge in [0.25, 0.3) is 0 Å². The van der Waals surface area contributed by atoms with Gasteiger partial charge in [0, 0.05) is 19.2 Å². The first-order valence-electron chi connectivity index (χ1n) is 7.63. The molecule has 3 aromatic rings. The summed E-state index contributed by atoms with van der Waals surface area (Å²) in [5.74, 6) is 2.74. The molecular weight excluding hydrogens is 276 g/mol. The highest BCUT2D eigenvalue weighted by Crippen LogP contribution is 2.19. The molecule has 1 saturated heterocycles. The van der Waals surface area contributed by atoms with Gasteiger partial charge in [-0.15, -0.1) is 0 Å². The maximum atomic E-state index is 4.56. The summed E-state index contributed by atoms with van der Waals surface area (Å²) in [6.07, 6.45) is 4.10. The third-order valence-electron chi connectivity index (χ3n) is 3.96. The van der Waals surface area contributed by atoms with E-state index in [2.05, 4.69) is 30.2 Å². The van der Waals surface area contributed by atoms with Gasteiger partial charge in [-0.25, -0.2) is 15.0 Å². The van der Waals surface area contributed by atoms with Crippen LogP contribution in [0.2, 0.25) is 0 Å². The number of benzene rings is 1. The second kappa shape index (κ2) is 5.63. The van der Waals surface area contributed by atoms with Gasteiger partial charge in [0.05, 0.1) is 17.6 Å². The molecule has 0 spiro atoms. The molecule has 0 atom stereocenters. The van der Waals surface area contributed by atoms with Crippen molar-refractivity contribution in [1.82, 2.24) is 19.9 Å². The fourth-order valence-electron chi connectivity index (χ4n) is 2.83. The van der Waals surface area contributed by atoms with Gasteiger partial charge in [-0.3, -0.25) is 0 Å². The molecule has 22 heavy (non-hydrogen) atoms.